The molecule has 2 N–H and O–H groups in total. The summed E-state index contributed by atoms with van der Waals surface area (Å²) in [5, 5.41) is 11.7. The molecule has 0 aliphatic rings. The molecule has 0 aromatic heterocycles. The van der Waals surface area contributed by atoms with Gasteiger partial charge in [-0.1, -0.05) is 36.4 Å². The van der Waals surface area contributed by atoms with Crippen molar-refractivity contribution in [2.24, 2.45) is 0 Å². The second-order valence-electron chi connectivity index (χ2n) is 6.48. The number of amides is 1. The second-order valence-corrected chi connectivity index (χ2v) is 8.16. The zero-order chi connectivity index (χ0) is 20.9. The minimum atomic E-state index is -3.72. The number of sulfonamides is 1. The van der Waals surface area contributed by atoms with Gasteiger partial charge in [-0.25, -0.2) is 8.42 Å². The molecule has 0 saturated carbocycles. The van der Waals surface area contributed by atoms with Gasteiger partial charge in [0.05, 0.1) is 28.6 Å². The van der Waals surface area contributed by atoms with Crippen molar-refractivity contribution in [2.75, 3.05) is 10.0 Å². The molecule has 0 heterocycles. The first-order valence-corrected chi connectivity index (χ1v) is 10.3. The van der Waals surface area contributed by atoms with Gasteiger partial charge in [-0.3, -0.25) is 9.52 Å². The van der Waals surface area contributed by atoms with E-state index in [1.807, 2.05) is 13.0 Å². The second kappa shape index (κ2) is 8.59. The third-order valence-corrected chi connectivity index (χ3v) is 5.66. The van der Waals surface area contributed by atoms with Gasteiger partial charge in [0, 0.05) is 5.69 Å². The van der Waals surface area contributed by atoms with Gasteiger partial charge in [-0.05, 0) is 54.4 Å². The molecule has 3 rings (SSSR count). The van der Waals surface area contributed by atoms with Crippen LogP contribution in [0.2, 0.25) is 0 Å². The Hall–Kier alpha value is -3.63. The molecule has 0 spiro atoms. The van der Waals surface area contributed by atoms with Crippen molar-refractivity contribution < 1.29 is 13.2 Å². The fraction of sp³-hybridized carbons (Fsp3) is 0.0909. The monoisotopic (exact) mass is 405 g/mol. The Balaban J connectivity index is 1.73. The zero-order valence-corrected chi connectivity index (χ0v) is 16.5. The van der Waals surface area contributed by atoms with Gasteiger partial charge in [0.15, 0.2) is 0 Å². The van der Waals surface area contributed by atoms with Crippen molar-refractivity contribution in [2.45, 2.75) is 18.2 Å². The number of carbonyl (C=O) groups excluding carboxylic acids is 1. The van der Waals surface area contributed by atoms with E-state index in [-0.39, 0.29) is 17.2 Å². The molecule has 0 aliphatic heterocycles. The first-order valence-electron chi connectivity index (χ1n) is 8.85. The maximum atomic E-state index is 12.5. The molecular formula is C22H19N3O3S. The summed E-state index contributed by atoms with van der Waals surface area (Å²) in [7, 11) is -3.72. The fourth-order valence-electron chi connectivity index (χ4n) is 2.71. The summed E-state index contributed by atoms with van der Waals surface area (Å²) in [5.74, 6) is -0.235. The molecule has 146 valence electrons. The van der Waals surface area contributed by atoms with Crippen molar-refractivity contribution >= 4 is 27.3 Å². The summed E-state index contributed by atoms with van der Waals surface area (Å²) in [6.07, 6.45) is 0.144. The number of nitriles is 1. The zero-order valence-electron chi connectivity index (χ0n) is 15.7. The molecule has 7 heteroatoms. The number of hydrogen-bond donors (Lipinski definition) is 2. The number of hydrogen-bond acceptors (Lipinski definition) is 4. The normalized spacial score (nSPS) is 10.8. The van der Waals surface area contributed by atoms with E-state index in [0.29, 0.717) is 16.9 Å². The molecule has 0 unspecified atom stereocenters. The third kappa shape index (κ3) is 5.21. The van der Waals surface area contributed by atoms with Gasteiger partial charge >= 0.3 is 0 Å². The van der Waals surface area contributed by atoms with Crippen molar-refractivity contribution in [3.63, 3.8) is 0 Å². The quantitative estimate of drug-likeness (QED) is 0.651. The van der Waals surface area contributed by atoms with Gasteiger partial charge in [-0.2, -0.15) is 5.26 Å². The number of anilines is 2. The Labute approximate surface area is 169 Å². The van der Waals surface area contributed by atoms with E-state index in [4.69, 9.17) is 5.26 Å². The van der Waals surface area contributed by atoms with Crippen molar-refractivity contribution in [3.8, 4) is 6.07 Å². The average molecular weight is 405 g/mol. The SMILES string of the molecule is Cc1ccc(NS(=O)(=O)c2ccccc2)cc1NC(=O)Cc1ccc(C#N)cc1. The molecule has 3 aromatic rings. The molecule has 1 amide bonds. The van der Waals surface area contributed by atoms with Crippen molar-refractivity contribution in [1.29, 1.82) is 5.26 Å². The highest BCUT2D eigenvalue weighted by Gasteiger charge is 2.14. The molecule has 0 fully saturated rings. The molecule has 0 radical (unpaired) electrons. The van der Waals surface area contributed by atoms with E-state index in [9.17, 15) is 13.2 Å². The molecule has 3 aromatic carbocycles. The maximum Gasteiger partial charge on any atom is 0.261 e. The smallest absolute Gasteiger partial charge is 0.261 e. The standard InChI is InChI=1S/C22H19N3O3S/c1-16-7-12-19(25-29(27,28)20-5-3-2-4-6-20)14-21(16)24-22(26)13-17-8-10-18(15-23)11-9-17/h2-12,14,25H,13H2,1H3,(H,24,26). The lowest BCUT2D eigenvalue weighted by molar-refractivity contribution is -0.115. The lowest BCUT2D eigenvalue weighted by atomic mass is 10.1. The predicted molar refractivity (Wildman–Crippen MR) is 112 cm³/mol. The van der Waals surface area contributed by atoms with Gasteiger partial charge in [-0.15, -0.1) is 0 Å². The lowest BCUT2D eigenvalue weighted by Gasteiger charge is -2.13. The van der Waals surface area contributed by atoms with Crippen LogP contribution in [0.25, 0.3) is 0 Å². The Morgan fingerprint density at radius 3 is 2.34 bits per heavy atom. The highest BCUT2D eigenvalue weighted by atomic mass is 32.2. The van der Waals surface area contributed by atoms with E-state index in [1.165, 1.54) is 12.1 Å². The van der Waals surface area contributed by atoms with Gasteiger partial charge < -0.3 is 5.32 Å². The molecule has 29 heavy (non-hydrogen) atoms. The summed E-state index contributed by atoms with van der Waals surface area (Å²) in [6, 6.07) is 21.9. The van der Waals surface area contributed by atoms with Crippen LogP contribution in [0.4, 0.5) is 11.4 Å². The summed E-state index contributed by atoms with van der Waals surface area (Å²) in [5.41, 5.74) is 2.99. The highest BCUT2D eigenvalue weighted by molar-refractivity contribution is 7.92. The molecular weight excluding hydrogens is 386 g/mol. The average Bonchev–Trinajstić information content (AvgIpc) is 2.71. The number of benzene rings is 3. The van der Waals surface area contributed by atoms with E-state index >= 15 is 0 Å². The fourth-order valence-corrected chi connectivity index (χ4v) is 3.78. The molecule has 0 saturated heterocycles. The molecule has 0 bridgehead atoms. The van der Waals surface area contributed by atoms with Gasteiger partial charge in [0.2, 0.25) is 5.91 Å². The number of nitrogens with one attached hydrogen (secondary N) is 2. The topological polar surface area (TPSA) is 99.1 Å². The van der Waals surface area contributed by atoms with E-state index in [2.05, 4.69) is 10.0 Å². The summed E-state index contributed by atoms with van der Waals surface area (Å²) < 4.78 is 27.5. The maximum absolute atomic E-state index is 12.5. The first kappa shape index (κ1) is 20.1. The van der Waals surface area contributed by atoms with Crippen LogP contribution in [0, 0.1) is 18.3 Å². The Kier molecular flexibility index (Phi) is 5.96. The lowest BCUT2D eigenvalue weighted by Crippen LogP contribution is -2.16. The Morgan fingerprint density at radius 2 is 1.69 bits per heavy atom. The van der Waals surface area contributed by atoms with Crippen LogP contribution in [0.1, 0.15) is 16.7 Å². The molecule has 0 aliphatic carbocycles. The highest BCUT2D eigenvalue weighted by Crippen LogP contribution is 2.23. The van der Waals surface area contributed by atoms with Crippen molar-refractivity contribution in [1.82, 2.24) is 0 Å². The van der Waals surface area contributed by atoms with Crippen LogP contribution in [0.15, 0.2) is 77.7 Å². The van der Waals surface area contributed by atoms with Crippen LogP contribution in [-0.4, -0.2) is 14.3 Å². The van der Waals surface area contributed by atoms with Crippen LogP contribution in [0.3, 0.4) is 0 Å². The number of carbonyl (C=O) groups is 1. The number of rotatable bonds is 6. The molecule has 6 nitrogen and oxygen atoms in total. The predicted octanol–water partition coefficient (Wildman–Crippen LogP) is 3.85. The van der Waals surface area contributed by atoms with Gasteiger partial charge in [0.1, 0.15) is 0 Å². The van der Waals surface area contributed by atoms with E-state index in [1.54, 1.807) is 60.7 Å². The summed E-state index contributed by atoms with van der Waals surface area (Å²) in [4.78, 5) is 12.6. The van der Waals surface area contributed by atoms with E-state index < -0.39 is 10.0 Å². The summed E-state index contributed by atoms with van der Waals surface area (Å²) >= 11 is 0. The van der Waals surface area contributed by atoms with Crippen LogP contribution in [0.5, 0.6) is 0 Å². The van der Waals surface area contributed by atoms with Crippen LogP contribution >= 0.6 is 0 Å². The van der Waals surface area contributed by atoms with Crippen molar-refractivity contribution in [3.05, 3.63) is 89.5 Å². The van der Waals surface area contributed by atoms with E-state index in [0.717, 1.165) is 11.1 Å². The number of nitrogens with zero attached hydrogens (tertiary/aromatic N) is 1. The number of aryl methyl sites for hydroxylation is 1. The molecule has 0 atom stereocenters. The largest absolute Gasteiger partial charge is 0.325 e. The minimum absolute atomic E-state index is 0.144. The van der Waals surface area contributed by atoms with Crippen LogP contribution < -0.4 is 10.0 Å². The Bertz CT molecular complexity index is 1170. The van der Waals surface area contributed by atoms with Gasteiger partial charge in [0.25, 0.3) is 10.0 Å². The summed E-state index contributed by atoms with van der Waals surface area (Å²) in [6.45, 7) is 1.83. The first-order chi connectivity index (χ1) is 13.9. The minimum Gasteiger partial charge on any atom is -0.325 e. The third-order valence-electron chi connectivity index (χ3n) is 4.27. The Morgan fingerprint density at radius 1 is 1.00 bits per heavy atom. The van der Waals surface area contributed by atoms with Crippen LogP contribution in [-0.2, 0) is 21.2 Å².